The number of halogens is 1. The highest BCUT2D eigenvalue weighted by Crippen LogP contribution is 2.32. The maximum absolute atomic E-state index is 5.58. The van der Waals surface area contributed by atoms with Gasteiger partial charge in [0.1, 0.15) is 5.76 Å². The molecule has 1 aromatic heterocycles. The van der Waals surface area contributed by atoms with Gasteiger partial charge in [0.15, 0.2) is 11.5 Å². The maximum atomic E-state index is 5.58. The molecule has 0 aliphatic heterocycles. The Labute approximate surface area is 118 Å². The Kier molecular flexibility index (Phi) is 5.20. The molecule has 0 bridgehead atoms. The Morgan fingerprint density at radius 1 is 1.21 bits per heavy atom. The highest BCUT2D eigenvalue weighted by Gasteiger charge is 2.12. The second-order valence-electron chi connectivity index (χ2n) is 3.80. The van der Waals surface area contributed by atoms with Gasteiger partial charge in [0, 0.05) is 12.1 Å². The standard InChI is InChI=1S/C13H16N2O3.ClH/c1-8-10(7-14)15-13(18-8)9-4-5-11(16-2)12(6-9)17-3;/h4-6H,7,14H2,1-3H3;1H. The van der Waals surface area contributed by atoms with Crippen molar-refractivity contribution < 1.29 is 13.9 Å². The van der Waals surface area contributed by atoms with Crippen LogP contribution in [-0.4, -0.2) is 19.2 Å². The van der Waals surface area contributed by atoms with Gasteiger partial charge in [0.2, 0.25) is 5.89 Å². The second kappa shape index (κ2) is 6.45. The van der Waals surface area contributed by atoms with Crippen LogP contribution in [0.1, 0.15) is 11.5 Å². The zero-order valence-electron chi connectivity index (χ0n) is 11.1. The summed E-state index contributed by atoms with van der Waals surface area (Å²) in [5.74, 6) is 2.58. The molecule has 2 N–H and O–H groups in total. The summed E-state index contributed by atoms with van der Waals surface area (Å²) in [4.78, 5) is 4.34. The molecule has 1 aromatic carbocycles. The number of ether oxygens (including phenoxy) is 2. The fourth-order valence-electron chi connectivity index (χ4n) is 1.71. The lowest BCUT2D eigenvalue weighted by atomic mass is 10.2. The summed E-state index contributed by atoms with van der Waals surface area (Å²) in [6.45, 7) is 2.21. The van der Waals surface area contributed by atoms with Crippen molar-refractivity contribution in [3.63, 3.8) is 0 Å². The second-order valence-corrected chi connectivity index (χ2v) is 3.80. The average Bonchev–Trinajstić information content (AvgIpc) is 2.79. The van der Waals surface area contributed by atoms with Gasteiger partial charge < -0.3 is 19.6 Å². The van der Waals surface area contributed by atoms with E-state index in [1.807, 2.05) is 25.1 Å². The first-order valence-corrected chi connectivity index (χ1v) is 5.58. The summed E-state index contributed by atoms with van der Waals surface area (Å²) >= 11 is 0. The number of aromatic nitrogens is 1. The van der Waals surface area contributed by atoms with Gasteiger partial charge in [-0.3, -0.25) is 0 Å². The van der Waals surface area contributed by atoms with E-state index in [1.54, 1.807) is 14.2 Å². The molecule has 0 saturated heterocycles. The Morgan fingerprint density at radius 2 is 1.89 bits per heavy atom. The monoisotopic (exact) mass is 284 g/mol. The van der Waals surface area contributed by atoms with Crippen molar-refractivity contribution in [2.24, 2.45) is 5.73 Å². The molecule has 0 amide bonds. The molecule has 0 fully saturated rings. The molecule has 0 aliphatic carbocycles. The summed E-state index contributed by atoms with van der Waals surface area (Å²) in [6.07, 6.45) is 0. The Hall–Kier alpha value is -1.72. The van der Waals surface area contributed by atoms with E-state index in [0.29, 0.717) is 23.9 Å². The van der Waals surface area contributed by atoms with Crippen LogP contribution in [0.15, 0.2) is 22.6 Å². The van der Waals surface area contributed by atoms with E-state index < -0.39 is 0 Å². The van der Waals surface area contributed by atoms with Crippen molar-refractivity contribution in [2.45, 2.75) is 13.5 Å². The highest BCUT2D eigenvalue weighted by atomic mass is 35.5. The summed E-state index contributed by atoms with van der Waals surface area (Å²) < 4.78 is 16.0. The van der Waals surface area contributed by atoms with Crippen LogP contribution in [0.5, 0.6) is 11.5 Å². The molecule has 0 saturated carbocycles. The van der Waals surface area contributed by atoms with E-state index in [1.165, 1.54) is 0 Å². The zero-order chi connectivity index (χ0) is 13.1. The molecular weight excluding hydrogens is 268 g/mol. The van der Waals surface area contributed by atoms with Gasteiger partial charge in [-0.1, -0.05) is 0 Å². The minimum atomic E-state index is 0. The van der Waals surface area contributed by atoms with E-state index in [9.17, 15) is 0 Å². The van der Waals surface area contributed by atoms with Crippen molar-refractivity contribution in [1.29, 1.82) is 0 Å². The number of hydrogen-bond acceptors (Lipinski definition) is 5. The van der Waals surface area contributed by atoms with Crippen LogP contribution in [0, 0.1) is 6.92 Å². The quantitative estimate of drug-likeness (QED) is 0.934. The Balaban J connectivity index is 0.00000180. The zero-order valence-corrected chi connectivity index (χ0v) is 11.9. The summed E-state index contributed by atoms with van der Waals surface area (Å²) in [6, 6.07) is 5.51. The smallest absolute Gasteiger partial charge is 0.226 e. The van der Waals surface area contributed by atoms with E-state index in [-0.39, 0.29) is 12.4 Å². The number of nitrogens with zero attached hydrogens (tertiary/aromatic N) is 1. The fraction of sp³-hybridized carbons (Fsp3) is 0.308. The molecule has 0 radical (unpaired) electrons. The lowest BCUT2D eigenvalue weighted by molar-refractivity contribution is 0.355. The van der Waals surface area contributed by atoms with Gasteiger partial charge in [-0.15, -0.1) is 12.4 Å². The lowest BCUT2D eigenvalue weighted by Gasteiger charge is -2.07. The number of methoxy groups -OCH3 is 2. The largest absolute Gasteiger partial charge is 0.493 e. The molecule has 1 heterocycles. The normalized spacial score (nSPS) is 9.89. The van der Waals surface area contributed by atoms with Gasteiger partial charge in [-0.05, 0) is 25.1 Å². The van der Waals surface area contributed by atoms with Gasteiger partial charge in [0.05, 0.1) is 19.9 Å². The average molecular weight is 285 g/mol. The molecule has 104 valence electrons. The molecule has 6 heteroatoms. The van der Waals surface area contributed by atoms with E-state index in [4.69, 9.17) is 19.6 Å². The van der Waals surface area contributed by atoms with Crippen molar-refractivity contribution in [1.82, 2.24) is 4.98 Å². The number of aryl methyl sites for hydroxylation is 1. The van der Waals surface area contributed by atoms with Crippen LogP contribution in [0.2, 0.25) is 0 Å². The predicted molar refractivity (Wildman–Crippen MR) is 74.9 cm³/mol. The van der Waals surface area contributed by atoms with Crippen molar-refractivity contribution in [3.8, 4) is 23.0 Å². The summed E-state index contributed by atoms with van der Waals surface area (Å²) in [5, 5.41) is 0. The fourth-order valence-corrected chi connectivity index (χ4v) is 1.71. The first-order valence-electron chi connectivity index (χ1n) is 5.58. The number of rotatable bonds is 4. The van der Waals surface area contributed by atoms with Gasteiger partial charge in [0.25, 0.3) is 0 Å². The molecule has 0 spiro atoms. The van der Waals surface area contributed by atoms with Gasteiger partial charge in [-0.2, -0.15) is 0 Å². The maximum Gasteiger partial charge on any atom is 0.226 e. The number of oxazole rings is 1. The number of benzene rings is 1. The molecular formula is C13H17ClN2O3. The van der Waals surface area contributed by atoms with Crippen molar-refractivity contribution >= 4 is 12.4 Å². The SMILES string of the molecule is COc1ccc(-c2nc(CN)c(C)o2)cc1OC.Cl. The van der Waals surface area contributed by atoms with Crippen LogP contribution in [0.3, 0.4) is 0 Å². The highest BCUT2D eigenvalue weighted by molar-refractivity contribution is 5.85. The Morgan fingerprint density at radius 3 is 2.42 bits per heavy atom. The van der Waals surface area contributed by atoms with Crippen LogP contribution < -0.4 is 15.2 Å². The third-order valence-corrected chi connectivity index (χ3v) is 2.72. The topological polar surface area (TPSA) is 70.5 Å². The van der Waals surface area contributed by atoms with Gasteiger partial charge >= 0.3 is 0 Å². The first kappa shape index (κ1) is 15.3. The molecule has 19 heavy (non-hydrogen) atoms. The van der Waals surface area contributed by atoms with Crippen LogP contribution in [0.25, 0.3) is 11.5 Å². The molecule has 0 atom stereocenters. The number of nitrogens with two attached hydrogens (primary N) is 1. The Bertz CT molecular complexity index is 555. The van der Waals surface area contributed by atoms with Crippen LogP contribution in [0.4, 0.5) is 0 Å². The van der Waals surface area contributed by atoms with Crippen LogP contribution >= 0.6 is 12.4 Å². The van der Waals surface area contributed by atoms with Crippen molar-refractivity contribution in [2.75, 3.05) is 14.2 Å². The van der Waals surface area contributed by atoms with E-state index in [0.717, 1.165) is 17.0 Å². The van der Waals surface area contributed by atoms with Crippen molar-refractivity contribution in [3.05, 3.63) is 29.7 Å². The van der Waals surface area contributed by atoms with Crippen LogP contribution in [-0.2, 0) is 6.54 Å². The number of hydrogen-bond donors (Lipinski definition) is 1. The van der Waals surface area contributed by atoms with E-state index >= 15 is 0 Å². The molecule has 0 aliphatic rings. The molecule has 5 nitrogen and oxygen atoms in total. The predicted octanol–water partition coefficient (Wildman–Crippen LogP) is 2.55. The molecule has 2 aromatic rings. The van der Waals surface area contributed by atoms with Gasteiger partial charge in [-0.25, -0.2) is 4.98 Å². The third kappa shape index (κ3) is 3.00. The minimum absolute atomic E-state index is 0. The molecule has 2 rings (SSSR count). The third-order valence-electron chi connectivity index (χ3n) is 2.72. The summed E-state index contributed by atoms with van der Waals surface area (Å²) in [5.41, 5.74) is 7.17. The first-order chi connectivity index (χ1) is 8.69. The lowest BCUT2D eigenvalue weighted by Crippen LogP contribution is -1.98. The summed E-state index contributed by atoms with van der Waals surface area (Å²) in [7, 11) is 3.19. The van der Waals surface area contributed by atoms with E-state index in [2.05, 4.69) is 4.98 Å². The molecule has 0 unspecified atom stereocenters. The minimum Gasteiger partial charge on any atom is -0.493 e.